The molecule has 0 bridgehead atoms. The molecule has 0 amide bonds. The van der Waals surface area contributed by atoms with Crippen LogP contribution in [0.2, 0.25) is 0 Å². The van der Waals surface area contributed by atoms with Crippen LogP contribution < -0.4 is 0 Å². The number of hydrogen-bond donors (Lipinski definition) is 1. The zero-order valence-electron chi connectivity index (χ0n) is 4.18. The first-order chi connectivity index (χ1) is 3.27. The molecule has 0 aliphatic carbocycles. The van der Waals surface area contributed by atoms with Crippen molar-refractivity contribution in [1.29, 1.82) is 0 Å². The molecule has 0 heterocycles. The second-order valence-corrected chi connectivity index (χ2v) is 1.71. The van der Waals surface area contributed by atoms with Crippen molar-refractivity contribution in [2.24, 2.45) is 0 Å². The summed E-state index contributed by atoms with van der Waals surface area (Å²) in [5, 5.41) is 0. The summed E-state index contributed by atoms with van der Waals surface area (Å²) in [6.45, 7) is 5.72. The molecule has 0 aliphatic heterocycles. The Bertz CT molecular complexity index is 79.8. The summed E-state index contributed by atoms with van der Waals surface area (Å²) >= 11 is -0.271. The van der Waals surface area contributed by atoms with Crippen LogP contribution in [0.15, 0.2) is 12.2 Å². The van der Waals surface area contributed by atoms with E-state index in [4.69, 9.17) is 0 Å². The van der Waals surface area contributed by atoms with Crippen molar-refractivity contribution < 1.29 is 8.39 Å². The molecular formula is C4H8O2S. The third kappa shape index (κ3) is 5.85. The van der Waals surface area contributed by atoms with Crippen molar-refractivity contribution in [2.75, 3.05) is 6.61 Å². The number of rotatable bonds is 3. The molecule has 0 aliphatic rings. The minimum atomic E-state index is -0.271. The van der Waals surface area contributed by atoms with Crippen molar-refractivity contribution >= 4 is 11.9 Å². The van der Waals surface area contributed by atoms with Gasteiger partial charge in [0.2, 0.25) is 0 Å². The topological polar surface area (TPSA) is 26.3 Å². The van der Waals surface area contributed by atoms with Gasteiger partial charge < -0.3 is 0 Å². The SMILES string of the molecule is C=C(C)CO[SH]=O. The molecule has 0 aromatic rings. The molecule has 0 fully saturated rings. The van der Waals surface area contributed by atoms with E-state index in [0.717, 1.165) is 5.57 Å². The van der Waals surface area contributed by atoms with Crippen LogP contribution in [-0.4, -0.2) is 10.8 Å². The highest BCUT2D eigenvalue weighted by Gasteiger charge is 1.79. The quantitative estimate of drug-likeness (QED) is 0.432. The fraction of sp³-hybridized carbons (Fsp3) is 0.500. The lowest BCUT2D eigenvalue weighted by Crippen LogP contribution is -1.86. The van der Waals surface area contributed by atoms with E-state index in [9.17, 15) is 4.21 Å². The second kappa shape index (κ2) is 4.02. The zero-order valence-corrected chi connectivity index (χ0v) is 5.07. The third-order valence-corrected chi connectivity index (χ3v) is 0.598. The molecular weight excluding hydrogens is 112 g/mol. The monoisotopic (exact) mass is 120 g/mol. The maximum Gasteiger partial charge on any atom is 0.142 e. The Morgan fingerprint density at radius 2 is 2.57 bits per heavy atom. The van der Waals surface area contributed by atoms with Crippen LogP contribution >= 0.6 is 0 Å². The molecule has 0 saturated heterocycles. The molecule has 0 radical (unpaired) electrons. The normalized spacial score (nSPS) is 8.71. The van der Waals surface area contributed by atoms with Gasteiger partial charge in [0.1, 0.15) is 11.9 Å². The first-order valence-electron chi connectivity index (χ1n) is 1.86. The molecule has 0 spiro atoms. The van der Waals surface area contributed by atoms with Gasteiger partial charge in [0, 0.05) is 0 Å². The minimum Gasteiger partial charge on any atom is -0.288 e. The van der Waals surface area contributed by atoms with Crippen LogP contribution in [0.5, 0.6) is 0 Å². The molecule has 0 N–H and O–H groups in total. The molecule has 0 aromatic heterocycles. The zero-order chi connectivity index (χ0) is 5.70. The highest BCUT2D eigenvalue weighted by molar-refractivity contribution is 7.60. The van der Waals surface area contributed by atoms with Gasteiger partial charge >= 0.3 is 0 Å². The van der Waals surface area contributed by atoms with Gasteiger partial charge in [-0.1, -0.05) is 12.2 Å². The predicted molar refractivity (Wildman–Crippen MR) is 30.3 cm³/mol. The summed E-state index contributed by atoms with van der Waals surface area (Å²) in [6.07, 6.45) is 0. The van der Waals surface area contributed by atoms with Crippen molar-refractivity contribution in [2.45, 2.75) is 6.92 Å². The Kier molecular flexibility index (Phi) is 3.93. The molecule has 0 unspecified atom stereocenters. The molecule has 3 heteroatoms. The standard InChI is InChI=1S/C4H8O2S/c1-4(2)3-6-7-5/h7H,1,3H2,2H3. The Morgan fingerprint density at radius 1 is 2.00 bits per heavy atom. The maximum atomic E-state index is 9.54. The van der Waals surface area contributed by atoms with Gasteiger partial charge in [0.15, 0.2) is 0 Å². The molecule has 0 aromatic carbocycles. The lowest BCUT2D eigenvalue weighted by atomic mass is 10.4. The van der Waals surface area contributed by atoms with Crippen molar-refractivity contribution in [1.82, 2.24) is 0 Å². The van der Waals surface area contributed by atoms with E-state index in [0.29, 0.717) is 6.61 Å². The van der Waals surface area contributed by atoms with Crippen molar-refractivity contribution in [3.63, 3.8) is 0 Å². The predicted octanol–water partition coefficient (Wildman–Crippen LogP) is 0.439. The second-order valence-electron chi connectivity index (χ2n) is 1.31. The van der Waals surface area contributed by atoms with E-state index in [2.05, 4.69) is 10.8 Å². The lowest BCUT2D eigenvalue weighted by Gasteiger charge is -1.89. The van der Waals surface area contributed by atoms with Crippen molar-refractivity contribution in [3.8, 4) is 0 Å². The molecule has 2 nitrogen and oxygen atoms in total. The number of hydrogen-bond acceptors (Lipinski definition) is 2. The summed E-state index contributed by atoms with van der Waals surface area (Å²) in [6, 6.07) is 0. The average molecular weight is 120 g/mol. The Morgan fingerprint density at radius 3 is 2.71 bits per heavy atom. The van der Waals surface area contributed by atoms with Gasteiger partial charge in [-0.25, -0.2) is 4.21 Å². The van der Waals surface area contributed by atoms with Crippen molar-refractivity contribution in [3.05, 3.63) is 12.2 Å². The Labute approximate surface area is 46.9 Å². The van der Waals surface area contributed by atoms with Crippen LogP contribution in [0.4, 0.5) is 0 Å². The third-order valence-electron chi connectivity index (χ3n) is 0.364. The minimum absolute atomic E-state index is 0.271. The average Bonchev–Trinajstić information content (AvgIpc) is 1.61. The lowest BCUT2D eigenvalue weighted by molar-refractivity contribution is 0.397. The Hall–Kier alpha value is -0.150. The van der Waals surface area contributed by atoms with E-state index in [1.165, 1.54) is 0 Å². The molecule has 0 rings (SSSR count). The maximum absolute atomic E-state index is 9.54. The highest BCUT2D eigenvalue weighted by atomic mass is 32.2. The van der Waals surface area contributed by atoms with Crippen LogP contribution in [0.3, 0.4) is 0 Å². The summed E-state index contributed by atoms with van der Waals surface area (Å²) in [5.74, 6) is 0. The van der Waals surface area contributed by atoms with E-state index < -0.39 is 0 Å². The van der Waals surface area contributed by atoms with E-state index in [-0.39, 0.29) is 11.9 Å². The fourth-order valence-corrected chi connectivity index (χ4v) is 0.410. The van der Waals surface area contributed by atoms with E-state index >= 15 is 0 Å². The molecule has 0 saturated carbocycles. The van der Waals surface area contributed by atoms with E-state index in [1.807, 2.05) is 6.92 Å². The van der Waals surface area contributed by atoms with Gasteiger partial charge in [-0.05, 0) is 6.92 Å². The Balaban J connectivity index is 2.97. The summed E-state index contributed by atoms with van der Waals surface area (Å²) in [4.78, 5) is 0. The van der Waals surface area contributed by atoms with Crippen LogP contribution in [-0.2, 0) is 16.1 Å². The smallest absolute Gasteiger partial charge is 0.142 e. The molecule has 7 heavy (non-hydrogen) atoms. The molecule has 0 atom stereocenters. The summed E-state index contributed by atoms with van der Waals surface area (Å²) in [7, 11) is 0. The van der Waals surface area contributed by atoms with Gasteiger partial charge in [-0.3, -0.25) is 4.18 Å². The first-order valence-corrected chi connectivity index (χ1v) is 2.59. The van der Waals surface area contributed by atoms with Crippen LogP contribution in [0.25, 0.3) is 0 Å². The number of thiol groups is 1. The highest BCUT2D eigenvalue weighted by Crippen LogP contribution is 1.84. The van der Waals surface area contributed by atoms with Crippen LogP contribution in [0.1, 0.15) is 6.92 Å². The van der Waals surface area contributed by atoms with Crippen LogP contribution in [0, 0.1) is 0 Å². The van der Waals surface area contributed by atoms with E-state index in [1.54, 1.807) is 0 Å². The first kappa shape index (κ1) is 6.85. The van der Waals surface area contributed by atoms with Gasteiger partial charge in [0.05, 0.1) is 6.61 Å². The van der Waals surface area contributed by atoms with Gasteiger partial charge in [-0.15, -0.1) is 0 Å². The van der Waals surface area contributed by atoms with Gasteiger partial charge in [0.25, 0.3) is 0 Å². The van der Waals surface area contributed by atoms with Gasteiger partial charge in [-0.2, -0.15) is 0 Å². The fourth-order valence-electron chi connectivity index (χ4n) is 0.137. The summed E-state index contributed by atoms with van der Waals surface area (Å²) in [5.41, 5.74) is 0.878. The molecule has 42 valence electrons. The largest absolute Gasteiger partial charge is 0.288 e. The summed E-state index contributed by atoms with van der Waals surface area (Å²) < 4.78 is 14.0.